The van der Waals surface area contributed by atoms with Crippen molar-refractivity contribution in [3.8, 4) is 0 Å². The highest BCUT2D eigenvalue weighted by atomic mass is 16.2. The van der Waals surface area contributed by atoms with Crippen molar-refractivity contribution in [1.29, 1.82) is 0 Å². The average Bonchev–Trinajstić information content (AvgIpc) is 2.43. The topological polar surface area (TPSA) is 92.5 Å². The molecule has 1 fully saturated rings. The van der Waals surface area contributed by atoms with Crippen LogP contribution in [0, 0.1) is 0 Å². The van der Waals surface area contributed by atoms with E-state index in [0.29, 0.717) is 12.8 Å². The molecule has 1 aliphatic rings. The molecule has 0 bridgehead atoms. The van der Waals surface area contributed by atoms with E-state index in [0.717, 1.165) is 4.90 Å². The van der Waals surface area contributed by atoms with Gasteiger partial charge in [-0.15, -0.1) is 0 Å². The molecule has 0 aliphatic carbocycles. The molecule has 3 N–H and O–H groups in total. The predicted molar refractivity (Wildman–Crippen MR) is 48.1 cm³/mol. The van der Waals surface area contributed by atoms with E-state index in [1.165, 1.54) is 0 Å². The van der Waals surface area contributed by atoms with Crippen molar-refractivity contribution in [2.45, 2.75) is 25.8 Å². The van der Waals surface area contributed by atoms with Crippen molar-refractivity contribution in [3.05, 3.63) is 0 Å². The van der Waals surface area contributed by atoms with Gasteiger partial charge in [0.1, 0.15) is 6.04 Å². The van der Waals surface area contributed by atoms with Crippen LogP contribution in [0.3, 0.4) is 0 Å². The maximum atomic E-state index is 11.2. The lowest BCUT2D eigenvalue weighted by atomic mass is 10.1. The summed E-state index contributed by atoms with van der Waals surface area (Å²) in [6.07, 6.45) is 1.10. The van der Waals surface area contributed by atoms with Crippen LogP contribution >= 0.6 is 0 Å². The van der Waals surface area contributed by atoms with E-state index in [-0.39, 0.29) is 6.54 Å². The van der Waals surface area contributed by atoms with E-state index >= 15 is 0 Å². The molecule has 0 aromatic carbocycles. The van der Waals surface area contributed by atoms with E-state index in [1.807, 2.05) is 6.92 Å². The van der Waals surface area contributed by atoms with Gasteiger partial charge >= 0.3 is 6.03 Å². The minimum Gasteiger partial charge on any atom is -0.368 e. The first-order valence-electron chi connectivity index (χ1n) is 4.47. The summed E-state index contributed by atoms with van der Waals surface area (Å²) < 4.78 is 0. The average molecular weight is 199 g/mol. The van der Waals surface area contributed by atoms with Gasteiger partial charge in [-0.1, -0.05) is 13.3 Å². The van der Waals surface area contributed by atoms with Crippen LogP contribution in [-0.4, -0.2) is 35.3 Å². The summed E-state index contributed by atoms with van der Waals surface area (Å²) in [6.45, 7) is 1.81. The summed E-state index contributed by atoms with van der Waals surface area (Å²) >= 11 is 0. The summed E-state index contributed by atoms with van der Waals surface area (Å²) in [5, 5.41) is 2.34. The number of imide groups is 1. The molecule has 0 aromatic heterocycles. The number of amides is 4. The van der Waals surface area contributed by atoms with Gasteiger partial charge in [-0.3, -0.25) is 14.5 Å². The van der Waals surface area contributed by atoms with E-state index in [2.05, 4.69) is 5.32 Å². The van der Waals surface area contributed by atoms with Crippen molar-refractivity contribution in [2.24, 2.45) is 5.73 Å². The van der Waals surface area contributed by atoms with Crippen molar-refractivity contribution in [2.75, 3.05) is 6.54 Å². The van der Waals surface area contributed by atoms with Crippen LogP contribution in [0.5, 0.6) is 0 Å². The van der Waals surface area contributed by atoms with Gasteiger partial charge in [-0.05, 0) is 6.42 Å². The molecule has 0 aromatic rings. The maximum Gasteiger partial charge on any atom is 0.325 e. The fourth-order valence-electron chi connectivity index (χ4n) is 1.42. The second-order valence-electron chi connectivity index (χ2n) is 3.13. The molecule has 1 aliphatic heterocycles. The molecule has 1 heterocycles. The Hall–Kier alpha value is -1.59. The molecule has 4 amide bonds. The Labute approximate surface area is 81.4 Å². The number of nitrogens with two attached hydrogens (primary N) is 1. The molecule has 6 nitrogen and oxygen atoms in total. The molecule has 0 spiro atoms. The zero-order valence-electron chi connectivity index (χ0n) is 7.95. The lowest BCUT2D eigenvalue weighted by molar-refractivity contribution is -0.133. The van der Waals surface area contributed by atoms with Crippen LogP contribution in [0.4, 0.5) is 4.79 Å². The summed E-state index contributed by atoms with van der Waals surface area (Å²) in [4.78, 5) is 34.4. The third-order valence-corrected chi connectivity index (χ3v) is 2.08. The van der Waals surface area contributed by atoms with Gasteiger partial charge in [0, 0.05) is 0 Å². The number of nitrogens with zero attached hydrogens (tertiary/aromatic N) is 1. The van der Waals surface area contributed by atoms with E-state index in [1.54, 1.807) is 0 Å². The van der Waals surface area contributed by atoms with Crippen LogP contribution in [-0.2, 0) is 9.59 Å². The van der Waals surface area contributed by atoms with Crippen molar-refractivity contribution < 1.29 is 14.4 Å². The standard InChI is InChI=1S/C8H13N3O3/c1-2-3-5(7(9)13)11-6(12)4-10-8(11)14/h5H,2-4H2,1H3,(H2,9,13)(H,10,14). The number of urea groups is 1. The van der Waals surface area contributed by atoms with Crippen molar-refractivity contribution in [3.63, 3.8) is 0 Å². The fraction of sp³-hybridized carbons (Fsp3) is 0.625. The Morgan fingerprint density at radius 1 is 1.64 bits per heavy atom. The largest absolute Gasteiger partial charge is 0.368 e. The third-order valence-electron chi connectivity index (χ3n) is 2.08. The third kappa shape index (κ3) is 1.84. The summed E-state index contributed by atoms with van der Waals surface area (Å²) in [5.74, 6) is -1.04. The molecule has 14 heavy (non-hydrogen) atoms. The number of carbonyl (C=O) groups excluding carboxylic acids is 3. The second kappa shape index (κ2) is 4.08. The van der Waals surface area contributed by atoms with Gasteiger partial charge in [0.2, 0.25) is 5.91 Å². The molecule has 1 unspecified atom stereocenters. The molecule has 1 rings (SSSR count). The Morgan fingerprint density at radius 3 is 2.64 bits per heavy atom. The minimum atomic E-state index is -0.810. The van der Waals surface area contributed by atoms with Gasteiger partial charge in [0.15, 0.2) is 0 Å². The summed E-state index contributed by atoms with van der Waals surface area (Å²) in [5.41, 5.74) is 5.11. The van der Waals surface area contributed by atoms with Crippen LogP contribution in [0.2, 0.25) is 0 Å². The molecule has 6 heteroatoms. The lowest BCUT2D eigenvalue weighted by Crippen LogP contribution is -2.48. The zero-order valence-corrected chi connectivity index (χ0v) is 7.95. The first-order chi connectivity index (χ1) is 6.57. The van der Waals surface area contributed by atoms with Crippen LogP contribution in [0.15, 0.2) is 0 Å². The highest BCUT2D eigenvalue weighted by Crippen LogP contribution is 2.10. The first-order valence-corrected chi connectivity index (χ1v) is 4.47. The smallest absolute Gasteiger partial charge is 0.325 e. The number of hydrogen-bond acceptors (Lipinski definition) is 3. The van der Waals surface area contributed by atoms with E-state index in [4.69, 9.17) is 5.73 Å². The predicted octanol–water partition coefficient (Wildman–Crippen LogP) is -0.808. The molecular formula is C8H13N3O3. The quantitative estimate of drug-likeness (QED) is 0.580. The first kappa shape index (κ1) is 10.5. The maximum absolute atomic E-state index is 11.2. The summed E-state index contributed by atoms with van der Waals surface area (Å²) in [7, 11) is 0. The Bertz CT molecular complexity index is 261. The van der Waals surface area contributed by atoms with Gasteiger partial charge in [0.25, 0.3) is 5.91 Å². The van der Waals surface area contributed by atoms with E-state index in [9.17, 15) is 14.4 Å². The number of carbonyl (C=O) groups is 3. The lowest BCUT2D eigenvalue weighted by Gasteiger charge is -2.21. The molecular weight excluding hydrogens is 186 g/mol. The molecule has 78 valence electrons. The molecule has 1 saturated heterocycles. The number of hydrogen-bond donors (Lipinski definition) is 2. The Morgan fingerprint density at radius 2 is 2.29 bits per heavy atom. The number of primary amides is 1. The normalized spacial score (nSPS) is 18.2. The van der Waals surface area contributed by atoms with Crippen LogP contribution in [0.25, 0.3) is 0 Å². The monoisotopic (exact) mass is 199 g/mol. The zero-order chi connectivity index (χ0) is 10.7. The number of nitrogens with one attached hydrogen (secondary N) is 1. The van der Waals surface area contributed by atoms with Gasteiger partial charge in [-0.2, -0.15) is 0 Å². The fourth-order valence-corrected chi connectivity index (χ4v) is 1.42. The molecule has 0 radical (unpaired) electrons. The Kier molecular flexibility index (Phi) is 3.06. The van der Waals surface area contributed by atoms with Gasteiger partial charge in [0.05, 0.1) is 6.54 Å². The van der Waals surface area contributed by atoms with Crippen LogP contribution in [0.1, 0.15) is 19.8 Å². The minimum absolute atomic E-state index is 0.0493. The highest BCUT2D eigenvalue weighted by molar-refractivity contribution is 6.05. The second-order valence-corrected chi connectivity index (χ2v) is 3.13. The molecule has 0 saturated carbocycles. The molecule has 1 atom stereocenters. The van der Waals surface area contributed by atoms with Crippen LogP contribution < -0.4 is 11.1 Å². The highest BCUT2D eigenvalue weighted by Gasteiger charge is 2.37. The number of rotatable bonds is 4. The summed E-state index contributed by atoms with van der Waals surface area (Å²) in [6, 6.07) is -1.35. The van der Waals surface area contributed by atoms with Gasteiger partial charge < -0.3 is 11.1 Å². The van der Waals surface area contributed by atoms with Crippen molar-refractivity contribution in [1.82, 2.24) is 10.2 Å². The van der Waals surface area contributed by atoms with E-state index < -0.39 is 23.9 Å². The SMILES string of the molecule is CCCC(C(N)=O)N1C(=O)CNC1=O. The Balaban J connectivity index is 2.81. The van der Waals surface area contributed by atoms with Gasteiger partial charge in [-0.25, -0.2) is 4.79 Å². The van der Waals surface area contributed by atoms with Crippen molar-refractivity contribution >= 4 is 17.8 Å².